The molecular weight excluding hydrogens is 589 g/mol. The van der Waals surface area contributed by atoms with E-state index in [0.29, 0.717) is 18.7 Å². The maximum atomic E-state index is 13.2. The van der Waals surface area contributed by atoms with Crippen LogP contribution in [0.2, 0.25) is 0 Å². The third-order valence-corrected chi connectivity index (χ3v) is 8.59. The van der Waals surface area contributed by atoms with Crippen LogP contribution in [0.1, 0.15) is 31.9 Å². The molecule has 36 heavy (non-hydrogen) atoms. The van der Waals surface area contributed by atoms with Crippen molar-refractivity contribution in [2.24, 2.45) is 0 Å². The summed E-state index contributed by atoms with van der Waals surface area (Å²) in [5, 5.41) is 0.779. The van der Waals surface area contributed by atoms with Gasteiger partial charge in [-0.2, -0.15) is 0 Å². The Hall–Kier alpha value is -2.92. The largest absolute Gasteiger partial charge is 0.444 e. The third kappa shape index (κ3) is 4.73. The van der Waals surface area contributed by atoms with Crippen molar-refractivity contribution in [1.82, 2.24) is 13.9 Å². The topological polar surface area (TPSA) is 81.5 Å². The van der Waals surface area contributed by atoms with Gasteiger partial charge in [0.2, 0.25) is 0 Å². The molecule has 1 amide bonds. The molecule has 3 heterocycles. The second kappa shape index (κ2) is 9.19. The van der Waals surface area contributed by atoms with E-state index >= 15 is 0 Å². The van der Waals surface area contributed by atoms with E-state index in [1.54, 1.807) is 47.6 Å². The highest BCUT2D eigenvalue weighted by molar-refractivity contribution is 14.1. The summed E-state index contributed by atoms with van der Waals surface area (Å²) in [6.07, 6.45) is 3.77. The average molecular weight is 615 g/mol. The fraction of sp³-hybridized carbons (Fsp3) is 0.259. The fourth-order valence-corrected chi connectivity index (χ4v) is 6.51. The van der Waals surface area contributed by atoms with E-state index < -0.39 is 15.6 Å². The summed E-state index contributed by atoms with van der Waals surface area (Å²) in [4.78, 5) is 19.0. The Morgan fingerprint density at radius 2 is 1.78 bits per heavy atom. The molecule has 2 aromatic heterocycles. The molecule has 1 aliphatic rings. The molecule has 0 atom stereocenters. The van der Waals surface area contributed by atoms with Gasteiger partial charge in [-0.05, 0) is 84.7 Å². The minimum Gasteiger partial charge on any atom is -0.444 e. The summed E-state index contributed by atoms with van der Waals surface area (Å²) >= 11 is 2.15. The number of amides is 1. The molecule has 0 saturated carbocycles. The zero-order valence-corrected chi connectivity index (χ0v) is 23.2. The van der Waals surface area contributed by atoms with Crippen LogP contribution in [-0.2, 0) is 27.7 Å². The van der Waals surface area contributed by atoms with Gasteiger partial charge in [0.05, 0.1) is 4.90 Å². The number of fused-ring (bicyclic) bond motifs is 2. The molecule has 0 radical (unpaired) electrons. The number of rotatable bonds is 3. The number of benzene rings is 2. The molecule has 0 fully saturated rings. The molecule has 0 bridgehead atoms. The summed E-state index contributed by atoms with van der Waals surface area (Å²) in [6.45, 7) is 6.71. The van der Waals surface area contributed by atoms with Gasteiger partial charge < -0.3 is 9.64 Å². The maximum Gasteiger partial charge on any atom is 0.410 e. The first-order valence-electron chi connectivity index (χ1n) is 11.6. The molecule has 5 rings (SSSR count). The number of carbonyl (C=O) groups is 1. The number of halogens is 1. The van der Waals surface area contributed by atoms with Gasteiger partial charge in [0.25, 0.3) is 10.0 Å². The highest BCUT2D eigenvalue weighted by Gasteiger charge is 2.26. The molecule has 9 heteroatoms. The van der Waals surface area contributed by atoms with Gasteiger partial charge in [0, 0.05) is 40.0 Å². The van der Waals surface area contributed by atoms with Gasteiger partial charge in [0.1, 0.15) is 5.60 Å². The van der Waals surface area contributed by atoms with Crippen LogP contribution < -0.4 is 0 Å². The van der Waals surface area contributed by atoms with Gasteiger partial charge in [0.15, 0.2) is 5.65 Å². The van der Waals surface area contributed by atoms with Gasteiger partial charge in [-0.25, -0.2) is 22.2 Å². The van der Waals surface area contributed by atoms with Crippen LogP contribution in [0.5, 0.6) is 0 Å². The van der Waals surface area contributed by atoms with E-state index in [0.717, 1.165) is 32.1 Å². The van der Waals surface area contributed by atoms with Crippen LogP contribution in [0.4, 0.5) is 4.79 Å². The van der Waals surface area contributed by atoms with Crippen molar-refractivity contribution in [3.8, 4) is 11.1 Å². The normalized spacial score (nSPS) is 14.1. The second-order valence-corrected chi connectivity index (χ2v) is 12.8. The van der Waals surface area contributed by atoms with E-state index in [4.69, 9.17) is 4.74 Å². The lowest BCUT2D eigenvalue weighted by molar-refractivity contribution is 0.0224. The molecule has 186 valence electrons. The number of carbonyl (C=O) groups excluding carboxylic acids is 1. The molecule has 0 N–H and O–H groups in total. The lowest BCUT2D eigenvalue weighted by Crippen LogP contribution is -2.39. The van der Waals surface area contributed by atoms with Gasteiger partial charge in [-0.3, -0.25) is 0 Å². The SMILES string of the molecule is CC(C)(C)OC(=O)N1CCc2cc(-c3cnc4c(c3)c(I)cn4S(=O)(=O)c3ccccc3)ccc2C1. The first-order valence-corrected chi connectivity index (χ1v) is 14.1. The van der Waals surface area contributed by atoms with Crippen molar-refractivity contribution in [2.45, 2.75) is 44.2 Å². The predicted octanol–water partition coefficient (Wildman–Crippen LogP) is 5.84. The van der Waals surface area contributed by atoms with Crippen molar-refractivity contribution in [3.05, 3.63) is 81.7 Å². The van der Waals surface area contributed by atoms with Crippen LogP contribution in [-0.4, -0.2) is 40.5 Å². The first kappa shape index (κ1) is 24.8. The summed E-state index contributed by atoms with van der Waals surface area (Å²) < 4.78 is 34.0. The Morgan fingerprint density at radius 3 is 2.50 bits per heavy atom. The van der Waals surface area contributed by atoms with Crippen LogP contribution >= 0.6 is 22.6 Å². The molecule has 4 aromatic rings. The van der Waals surface area contributed by atoms with E-state index in [1.165, 1.54) is 9.54 Å². The molecule has 0 aliphatic carbocycles. The van der Waals surface area contributed by atoms with Crippen molar-refractivity contribution in [3.63, 3.8) is 0 Å². The van der Waals surface area contributed by atoms with Crippen LogP contribution in [0.15, 0.2) is 71.9 Å². The van der Waals surface area contributed by atoms with Gasteiger partial charge in [-0.1, -0.05) is 36.4 Å². The minimum absolute atomic E-state index is 0.222. The number of pyridine rings is 1. The summed E-state index contributed by atoms with van der Waals surface area (Å²) in [5.74, 6) is 0. The number of hydrogen-bond acceptors (Lipinski definition) is 5. The molecule has 0 saturated heterocycles. The molecular formula is C27H26IN3O4S. The van der Waals surface area contributed by atoms with E-state index in [1.807, 2.05) is 39.0 Å². The van der Waals surface area contributed by atoms with E-state index in [9.17, 15) is 13.2 Å². The zero-order chi connectivity index (χ0) is 25.7. The number of aromatic nitrogens is 2. The summed E-state index contributed by atoms with van der Waals surface area (Å²) in [7, 11) is -3.75. The van der Waals surface area contributed by atoms with Crippen LogP contribution in [0, 0.1) is 3.57 Å². The van der Waals surface area contributed by atoms with Crippen molar-refractivity contribution < 1.29 is 17.9 Å². The van der Waals surface area contributed by atoms with Crippen molar-refractivity contribution in [1.29, 1.82) is 0 Å². The van der Waals surface area contributed by atoms with Crippen LogP contribution in [0.25, 0.3) is 22.2 Å². The van der Waals surface area contributed by atoms with E-state index in [-0.39, 0.29) is 11.0 Å². The highest BCUT2D eigenvalue weighted by Crippen LogP contribution is 2.31. The molecule has 2 aromatic carbocycles. The van der Waals surface area contributed by atoms with Gasteiger partial charge in [-0.15, -0.1) is 0 Å². The zero-order valence-electron chi connectivity index (χ0n) is 20.2. The first-order chi connectivity index (χ1) is 17.0. The monoisotopic (exact) mass is 615 g/mol. The minimum atomic E-state index is -3.75. The Kier molecular flexibility index (Phi) is 6.32. The molecule has 0 unspecified atom stereocenters. The Bertz CT molecular complexity index is 1570. The number of nitrogens with zero attached hydrogens (tertiary/aromatic N) is 3. The number of hydrogen-bond donors (Lipinski definition) is 0. The molecule has 1 aliphatic heterocycles. The highest BCUT2D eigenvalue weighted by atomic mass is 127. The third-order valence-electron chi connectivity index (χ3n) is 6.07. The Morgan fingerprint density at radius 1 is 1.03 bits per heavy atom. The average Bonchev–Trinajstić information content (AvgIpc) is 3.19. The Labute approximate surface area is 224 Å². The lowest BCUT2D eigenvalue weighted by atomic mass is 9.95. The summed E-state index contributed by atoms with van der Waals surface area (Å²) in [6, 6.07) is 16.5. The van der Waals surface area contributed by atoms with E-state index in [2.05, 4.69) is 33.6 Å². The fourth-order valence-electron chi connectivity index (χ4n) is 4.30. The predicted molar refractivity (Wildman–Crippen MR) is 147 cm³/mol. The smallest absolute Gasteiger partial charge is 0.410 e. The van der Waals surface area contributed by atoms with Crippen LogP contribution in [0.3, 0.4) is 0 Å². The van der Waals surface area contributed by atoms with Crippen molar-refractivity contribution >= 4 is 49.7 Å². The quantitative estimate of drug-likeness (QED) is 0.271. The standard InChI is InChI=1S/C27H26IN3O4S/c1-27(2,3)35-26(32)30-12-11-19-13-18(9-10-20(19)16-30)21-14-23-24(28)17-31(25(23)29-15-21)36(33,34)22-7-5-4-6-8-22/h4-10,13-15,17H,11-12,16H2,1-3H3. The van der Waals surface area contributed by atoms with Gasteiger partial charge >= 0.3 is 6.09 Å². The second-order valence-electron chi connectivity index (χ2n) is 9.82. The maximum absolute atomic E-state index is 13.2. The summed E-state index contributed by atoms with van der Waals surface area (Å²) in [5.41, 5.74) is 4.07. The molecule has 7 nitrogen and oxygen atoms in total. The van der Waals surface area contributed by atoms with Crippen molar-refractivity contribution in [2.75, 3.05) is 6.54 Å². The molecule has 0 spiro atoms. The number of ether oxygens (including phenoxy) is 1. The lowest BCUT2D eigenvalue weighted by Gasteiger charge is -2.31. The Balaban J connectivity index is 1.45.